The van der Waals surface area contributed by atoms with Crippen LogP contribution in [0.15, 0.2) is 34.1 Å². The van der Waals surface area contributed by atoms with Gasteiger partial charge in [-0.3, -0.25) is 4.79 Å². The topological polar surface area (TPSA) is 83.5 Å². The highest BCUT2D eigenvalue weighted by Gasteiger charge is 2.31. The first kappa shape index (κ1) is 16.3. The number of carboxylic acids is 1. The molecule has 0 aliphatic heterocycles. The van der Waals surface area contributed by atoms with E-state index in [1.54, 1.807) is 18.2 Å². The van der Waals surface area contributed by atoms with E-state index in [9.17, 15) is 18.3 Å². The molecule has 0 amide bonds. The molecule has 5 nitrogen and oxygen atoms in total. The number of hydrogen-bond acceptors (Lipinski definition) is 4. The molecule has 1 saturated carbocycles. The van der Waals surface area contributed by atoms with Crippen molar-refractivity contribution < 1.29 is 18.3 Å². The van der Waals surface area contributed by atoms with Crippen molar-refractivity contribution in [3.63, 3.8) is 0 Å². The summed E-state index contributed by atoms with van der Waals surface area (Å²) in [5, 5.41) is 8.59. The molecule has 2 rings (SSSR count). The van der Waals surface area contributed by atoms with Crippen LogP contribution in [0.3, 0.4) is 0 Å². The van der Waals surface area contributed by atoms with E-state index < -0.39 is 21.2 Å². The third kappa shape index (κ3) is 4.21. The van der Waals surface area contributed by atoms with Gasteiger partial charge in [0.15, 0.2) is 0 Å². The number of benzene rings is 1. The molecule has 1 aromatic carbocycles. The van der Waals surface area contributed by atoms with E-state index in [2.05, 4.69) is 4.72 Å². The molecular weight excluding hydrogens is 310 g/mol. The maximum atomic E-state index is 12.4. The highest BCUT2D eigenvalue weighted by molar-refractivity contribution is 8.01. The van der Waals surface area contributed by atoms with E-state index >= 15 is 0 Å². The minimum atomic E-state index is -3.59. The SMILES string of the molecule is CC(C)C(Sc1ccccc1S(=O)(=O)NC1CC1)C(=O)O. The van der Waals surface area contributed by atoms with Crippen LogP contribution in [0.4, 0.5) is 0 Å². The lowest BCUT2D eigenvalue weighted by Crippen LogP contribution is -2.27. The Balaban J connectivity index is 2.30. The van der Waals surface area contributed by atoms with Crippen LogP contribution < -0.4 is 4.72 Å². The van der Waals surface area contributed by atoms with E-state index in [-0.39, 0.29) is 16.9 Å². The van der Waals surface area contributed by atoms with Gasteiger partial charge in [0.05, 0.1) is 4.90 Å². The lowest BCUT2D eigenvalue weighted by Gasteiger charge is -2.18. The van der Waals surface area contributed by atoms with E-state index in [1.807, 2.05) is 13.8 Å². The van der Waals surface area contributed by atoms with E-state index in [1.165, 1.54) is 6.07 Å². The number of carboxylic acid groups (broad SMARTS) is 1. The first-order valence-electron chi connectivity index (χ1n) is 6.82. The van der Waals surface area contributed by atoms with Gasteiger partial charge in [0.2, 0.25) is 10.0 Å². The van der Waals surface area contributed by atoms with Crippen LogP contribution in [0, 0.1) is 5.92 Å². The van der Waals surface area contributed by atoms with E-state index in [4.69, 9.17) is 0 Å². The zero-order valence-electron chi connectivity index (χ0n) is 11.9. The normalized spacial score (nSPS) is 16.9. The molecular formula is C14H19NO4S2. The minimum absolute atomic E-state index is 0.0217. The second-order valence-corrected chi connectivity index (χ2v) is 8.33. The third-order valence-corrected chi connectivity index (χ3v) is 6.46. The Hall–Kier alpha value is -1.05. The zero-order chi connectivity index (χ0) is 15.6. The summed E-state index contributed by atoms with van der Waals surface area (Å²) >= 11 is 1.09. The Morgan fingerprint density at radius 3 is 2.48 bits per heavy atom. The average molecular weight is 329 g/mol. The Labute approximate surface area is 129 Å². The lowest BCUT2D eigenvalue weighted by molar-refractivity contribution is -0.137. The van der Waals surface area contributed by atoms with Gasteiger partial charge in [-0.15, -0.1) is 11.8 Å². The summed E-state index contributed by atoms with van der Waals surface area (Å²) in [5.41, 5.74) is 0. The lowest BCUT2D eigenvalue weighted by atomic mass is 10.1. The molecule has 0 bridgehead atoms. The van der Waals surface area contributed by atoms with Crippen LogP contribution in [-0.2, 0) is 14.8 Å². The molecule has 0 saturated heterocycles. The number of nitrogens with one attached hydrogen (secondary N) is 1. The Morgan fingerprint density at radius 2 is 1.95 bits per heavy atom. The summed E-state index contributed by atoms with van der Waals surface area (Å²) in [7, 11) is -3.59. The summed E-state index contributed by atoms with van der Waals surface area (Å²) in [6.45, 7) is 3.62. The van der Waals surface area contributed by atoms with Crippen molar-refractivity contribution >= 4 is 27.8 Å². The second-order valence-electron chi connectivity index (χ2n) is 5.46. The second kappa shape index (κ2) is 6.37. The quantitative estimate of drug-likeness (QED) is 0.750. The Morgan fingerprint density at radius 1 is 1.33 bits per heavy atom. The third-order valence-electron chi connectivity index (χ3n) is 3.14. The fourth-order valence-corrected chi connectivity index (χ4v) is 4.72. The van der Waals surface area contributed by atoms with Gasteiger partial charge in [-0.05, 0) is 30.9 Å². The summed E-state index contributed by atoms with van der Waals surface area (Å²) in [6.07, 6.45) is 1.72. The van der Waals surface area contributed by atoms with Gasteiger partial charge >= 0.3 is 5.97 Å². The zero-order valence-corrected chi connectivity index (χ0v) is 13.6. The molecule has 0 spiro atoms. The predicted molar refractivity (Wildman–Crippen MR) is 81.9 cm³/mol. The van der Waals surface area contributed by atoms with Crippen molar-refractivity contribution in [1.82, 2.24) is 4.72 Å². The smallest absolute Gasteiger partial charge is 0.317 e. The van der Waals surface area contributed by atoms with Gasteiger partial charge in [0.25, 0.3) is 0 Å². The molecule has 1 aromatic rings. The summed E-state index contributed by atoms with van der Waals surface area (Å²) in [4.78, 5) is 11.9. The van der Waals surface area contributed by atoms with Gasteiger partial charge in [0, 0.05) is 10.9 Å². The molecule has 0 radical (unpaired) electrons. The fourth-order valence-electron chi connectivity index (χ4n) is 1.86. The maximum absolute atomic E-state index is 12.4. The van der Waals surface area contributed by atoms with Crippen LogP contribution in [0.1, 0.15) is 26.7 Å². The molecule has 2 N–H and O–H groups in total. The van der Waals surface area contributed by atoms with E-state index in [0.717, 1.165) is 24.6 Å². The molecule has 1 aliphatic carbocycles. The standard InChI is InChI=1S/C14H19NO4S2/c1-9(2)13(14(16)17)20-11-5-3-4-6-12(11)21(18,19)15-10-7-8-10/h3-6,9-10,13,15H,7-8H2,1-2H3,(H,16,17). The number of hydrogen-bond donors (Lipinski definition) is 2. The first-order valence-corrected chi connectivity index (χ1v) is 9.18. The highest BCUT2D eigenvalue weighted by Crippen LogP contribution is 2.34. The molecule has 7 heteroatoms. The van der Waals surface area contributed by atoms with Crippen molar-refractivity contribution in [2.24, 2.45) is 5.92 Å². The number of carbonyl (C=O) groups is 1. The molecule has 1 atom stereocenters. The molecule has 0 aromatic heterocycles. The van der Waals surface area contributed by atoms with Gasteiger partial charge in [-0.1, -0.05) is 26.0 Å². The number of aliphatic carboxylic acids is 1. The summed E-state index contributed by atoms with van der Waals surface area (Å²) < 4.78 is 27.3. The van der Waals surface area contributed by atoms with Crippen molar-refractivity contribution in [2.45, 2.75) is 47.8 Å². The van der Waals surface area contributed by atoms with Gasteiger partial charge < -0.3 is 5.11 Å². The van der Waals surface area contributed by atoms with Crippen molar-refractivity contribution in [3.8, 4) is 0 Å². The predicted octanol–water partition coefficient (Wildman–Crippen LogP) is 2.33. The van der Waals surface area contributed by atoms with Crippen molar-refractivity contribution in [1.29, 1.82) is 0 Å². The Kier molecular flexibility index (Phi) is 4.95. The van der Waals surface area contributed by atoms with Gasteiger partial charge in [0.1, 0.15) is 5.25 Å². The average Bonchev–Trinajstić information content (AvgIpc) is 3.18. The molecule has 116 valence electrons. The van der Waals surface area contributed by atoms with Gasteiger partial charge in [-0.2, -0.15) is 0 Å². The number of thioether (sulfide) groups is 1. The van der Waals surface area contributed by atoms with Crippen LogP contribution >= 0.6 is 11.8 Å². The molecule has 1 aliphatic rings. The monoisotopic (exact) mass is 329 g/mol. The van der Waals surface area contributed by atoms with Crippen LogP contribution in [-0.4, -0.2) is 30.8 Å². The summed E-state index contributed by atoms with van der Waals surface area (Å²) in [5.74, 6) is -1.03. The highest BCUT2D eigenvalue weighted by atomic mass is 32.2. The Bertz CT molecular complexity index is 624. The fraction of sp³-hybridized carbons (Fsp3) is 0.500. The number of rotatable bonds is 7. The molecule has 0 heterocycles. The first-order chi connectivity index (χ1) is 9.81. The van der Waals surface area contributed by atoms with Crippen molar-refractivity contribution in [3.05, 3.63) is 24.3 Å². The largest absolute Gasteiger partial charge is 0.480 e. The van der Waals surface area contributed by atoms with E-state index in [0.29, 0.717) is 4.90 Å². The van der Waals surface area contributed by atoms with Gasteiger partial charge in [-0.25, -0.2) is 13.1 Å². The van der Waals surface area contributed by atoms with Crippen LogP contribution in [0.5, 0.6) is 0 Å². The van der Waals surface area contributed by atoms with Crippen LogP contribution in [0.25, 0.3) is 0 Å². The van der Waals surface area contributed by atoms with Crippen molar-refractivity contribution in [2.75, 3.05) is 0 Å². The van der Waals surface area contributed by atoms with Crippen LogP contribution in [0.2, 0.25) is 0 Å². The number of sulfonamides is 1. The minimum Gasteiger partial charge on any atom is -0.480 e. The summed E-state index contributed by atoms with van der Waals surface area (Å²) in [6, 6.07) is 6.57. The molecule has 1 fully saturated rings. The molecule has 21 heavy (non-hydrogen) atoms. The maximum Gasteiger partial charge on any atom is 0.317 e. The molecule has 1 unspecified atom stereocenters.